The van der Waals surface area contributed by atoms with Gasteiger partial charge in [-0.1, -0.05) is 19.9 Å². The van der Waals surface area contributed by atoms with Gasteiger partial charge in [-0.25, -0.2) is 0 Å². The second-order valence-electron chi connectivity index (χ2n) is 6.81. The quantitative estimate of drug-likeness (QED) is 0.635. The van der Waals surface area contributed by atoms with Crippen molar-refractivity contribution in [1.82, 2.24) is 10.6 Å². The lowest BCUT2D eigenvalue weighted by Gasteiger charge is -2.28. The number of rotatable bonds is 8. The van der Waals surface area contributed by atoms with Gasteiger partial charge in [0.15, 0.2) is 0 Å². The first-order chi connectivity index (χ1) is 12.4. The minimum Gasteiger partial charge on any atom is -0.481 e. The summed E-state index contributed by atoms with van der Waals surface area (Å²) < 4.78 is 5.28. The summed E-state index contributed by atoms with van der Waals surface area (Å²) >= 11 is 1.30. The summed E-state index contributed by atoms with van der Waals surface area (Å²) in [7, 11) is 0. The first kappa shape index (κ1) is 20.4. The van der Waals surface area contributed by atoms with E-state index in [4.69, 9.17) is 4.74 Å². The molecular weight excluding hydrogens is 356 g/mol. The molecule has 3 N–H and O–H groups in total. The smallest absolute Gasteiger partial charge is 0.308 e. The summed E-state index contributed by atoms with van der Waals surface area (Å²) in [4.78, 5) is 36.9. The lowest BCUT2D eigenvalue weighted by Crippen LogP contribution is -2.51. The summed E-state index contributed by atoms with van der Waals surface area (Å²) in [6.45, 7) is 4.83. The van der Waals surface area contributed by atoms with E-state index in [0.717, 1.165) is 0 Å². The molecule has 7 nitrogen and oxygen atoms in total. The van der Waals surface area contributed by atoms with Crippen molar-refractivity contribution in [3.63, 3.8) is 0 Å². The molecule has 0 aromatic carbocycles. The predicted molar refractivity (Wildman–Crippen MR) is 98.1 cm³/mol. The number of thiophene rings is 1. The Kier molecular flexibility index (Phi) is 7.59. The molecule has 2 unspecified atom stereocenters. The van der Waals surface area contributed by atoms with Gasteiger partial charge in [0.1, 0.15) is 6.04 Å². The molecule has 1 aromatic heterocycles. The minimum absolute atomic E-state index is 0.0141. The van der Waals surface area contributed by atoms with Crippen molar-refractivity contribution < 1.29 is 24.2 Å². The van der Waals surface area contributed by atoms with Crippen molar-refractivity contribution in [2.45, 2.75) is 32.7 Å². The number of carboxylic acids is 1. The molecule has 0 aliphatic carbocycles. The molecule has 144 valence electrons. The fourth-order valence-electron chi connectivity index (χ4n) is 3.05. The number of carbonyl (C=O) groups is 3. The van der Waals surface area contributed by atoms with Gasteiger partial charge in [-0.05, 0) is 36.1 Å². The number of ether oxygens (including phenoxy) is 1. The highest BCUT2D eigenvalue weighted by Crippen LogP contribution is 2.24. The third kappa shape index (κ3) is 5.54. The number of hydrogen-bond acceptors (Lipinski definition) is 5. The molecule has 2 heterocycles. The molecule has 8 heteroatoms. The maximum Gasteiger partial charge on any atom is 0.308 e. The van der Waals surface area contributed by atoms with Gasteiger partial charge in [0, 0.05) is 19.8 Å². The Labute approximate surface area is 157 Å². The Bertz CT molecular complexity index is 611. The summed E-state index contributed by atoms with van der Waals surface area (Å²) in [6, 6.07) is 2.75. The molecule has 1 aliphatic heterocycles. The molecule has 1 fully saturated rings. The number of aliphatic carboxylic acids is 1. The van der Waals surface area contributed by atoms with E-state index in [1.165, 1.54) is 11.3 Å². The van der Waals surface area contributed by atoms with Crippen LogP contribution in [0, 0.1) is 17.8 Å². The van der Waals surface area contributed by atoms with E-state index in [-0.39, 0.29) is 30.2 Å². The average Bonchev–Trinajstić information content (AvgIpc) is 3.14. The number of amides is 2. The molecule has 1 saturated heterocycles. The van der Waals surface area contributed by atoms with Crippen molar-refractivity contribution in [3.8, 4) is 0 Å². The van der Waals surface area contributed by atoms with Crippen molar-refractivity contribution in [2.75, 3.05) is 19.8 Å². The highest BCUT2D eigenvalue weighted by molar-refractivity contribution is 7.12. The van der Waals surface area contributed by atoms with Crippen LogP contribution in [0.5, 0.6) is 0 Å². The van der Waals surface area contributed by atoms with Gasteiger partial charge in [0.25, 0.3) is 5.91 Å². The van der Waals surface area contributed by atoms with Crippen LogP contribution in [0.25, 0.3) is 0 Å². The second kappa shape index (κ2) is 9.68. The lowest BCUT2D eigenvalue weighted by molar-refractivity contribution is -0.145. The molecule has 0 bridgehead atoms. The zero-order chi connectivity index (χ0) is 19.1. The van der Waals surface area contributed by atoms with E-state index in [2.05, 4.69) is 10.6 Å². The molecule has 0 saturated carbocycles. The fourth-order valence-corrected chi connectivity index (χ4v) is 3.68. The Morgan fingerprint density at radius 1 is 1.31 bits per heavy atom. The standard InChI is InChI=1S/C18H26N2O5S/c1-11(2)15(20-16(21)14-4-3-9-26-14)17(22)19-10-13(18(23)24)12-5-7-25-8-6-12/h3-4,9,11-13,15H,5-8,10H2,1-2H3,(H,19,22)(H,20,21)(H,23,24). The van der Waals surface area contributed by atoms with Gasteiger partial charge < -0.3 is 20.5 Å². The van der Waals surface area contributed by atoms with Crippen LogP contribution in [0.3, 0.4) is 0 Å². The van der Waals surface area contributed by atoms with Gasteiger partial charge >= 0.3 is 5.97 Å². The highest BCUT2D eigenvalue weighted by Gasteiger charge is 2.32. The van der Waals surface area contributed by atoms with E-state index in [9.17, 15) is 19.5 Å². The third-order valence-corrected chi connectivity index (χ3v) is 5.50. The van der Waals surface area contributed by atoms with E-state index in [1.54, 1.807) is 17.5 Å². The maximum atomic E-state index is 12.6. The largest absolute Gasteiger partial charge is 0.481 e. The van der Waals surface area contributed by atoms with E-state index < -0.39 is 17.9 Å². The first-order valence-corrected chi connectivity index (χ1v) is 9.70. The Morgan fingerprint density at radius 2 is 2.00 bits per heavy atom. The van der Waals surface area contributed by atoms with Crippen molar-refractivity contribution in [1.29, 1.82) is 0 Å². The van der Waals surface area contributed by atoms with Gasteiger partial charge in [-0.15, -0.1) is 11.3 Å². The molecule has 0 spiro atoms. The van der Waals surface area contributed by atoms with Crippen LogP contribution in [-0.4, -0.2) is 48.7 Å². The highest BCUT2D eigenvalue weighted by atomic mass is 32.1. The van der Waals surface area contributed by atoms with Gasteiger partial charge in [-0.2, -0.15) is 0 Å². The topological polar surface area (TPSA) is 105 Å². The lowest BCUT2D eigenvalue weighted by atomic mass is 9.86. The molecule has 1 aromatic rings. The zero-order valence-electron chi connectivity index (χ0n) is 15.1. The maximum absolute atomic E-state index is 12.6. The summed E-state index contributed by atoms with van der Waals surface area (Å²) in [5.41, 5.74) is 0. The average molecular weight is 382 g/mol. The Morgan fingerprint density at radius 3 is 2.54 bits per heavy atom. The van der Waals surface area contributed by atoms with Gasteiger partial charge in [0.05, 0.1) is 10.8 Å². The fraction of sp³-hybridized carbons (Fsp3) is 0.611. The number of hydrogen-bond donors (Lipinski definition) is 3. The van der Waals surface area contributed by atoms with E-state index in [1.807, 2.05) is 13.8 Å². The predicted octanol–water partition coefficient (Wildman–Crippen LogP) is 1.75. The number of carboxylic acid groups (broad SMARTS) is 1. The minimum atomic E-state index is -0.916. The molecule has 2 rings (SSSR count). The van der Waals surface area contributed by atoms with E-state index in [0.29, 0.717) is 30.9 Å². The Balaban J connectivity index is 1.95. The number of carbonyl (C=O) groups excluding carboxylic acids is 2. The summed E-state index contributed by atoms with van der Waals surface area (Å²) in [5.74, 6) is -2.36. The summed E-state index contributed by atoms with van der Waals surface area (Å²) in [6.07, 6.45) is 1.35. The molecular formula is C18H26N2O5S. The van der Waals surface area contributed by atoms with Crippen molar-refractivity contribution in [3.05, 3.63) is 22.4 Å². The van der Waals surface area contributed by atoms with Crippen LogP contribution in [0.1, 0.15) is 36.4 Å². The van der Waals surface area contributed by atoms with Gasteiger partial charge in [-0.3, -0.25) is 14.4 Å². The van der Waals surface area contributed by atoms with Crippen LogP contribution in [-0.2, 0) is 14.3 Å². The third-order valence-electron chi connectivity index (χ3n) is 4.63. The Hall–Kier alpha value is -1.93. The SMILES string of the molecule is CC(C)C(NC(=O)c1cccs1)C(=O)NCC(C(=O)O)C1CCOCC1. The summed E-state index contributed by atoms with van der Waals surface area (Å²) in [5, 5.41) is 16.8. The number of nitrogens with one attached hydrogen (secondary N) is 2. The van der Waals surface area contributed by atoms with Crippen molar-refractivity contribution in [2.24, 2.45) is 17.8 Å². The molecule has 2 atom stereocenters. The molecule has 0 radical (unpaired) electrons. The molecule has 26 heavy (non-hydrogen) atoms. The first-order valence-electron chi connectivity index (χ1n) is 8.82. The van der Waals surface area contributed by atoms with Crippen LogP contribution in [0.15, 0.2) is 17.5 Å². The second-order valence-corrected chi connectivity index (χ2v) is 7.76. The van der Waals surface area contributed by atoms with Crippen LogP contribution in [0.4, 0.5) is 0 Å². The normalized spacial score (nSPS) is 17.5. The van der Waals surface area contributed by atoms with Crippen LogP contribution < -0.4 is 10.6 Å². The monoisotopic (exact) mass is 382 g/mol. The molecule has 2 amide bonds. The zero-order valence-corrected chi connectivity index (χ0v) is 15.9. The van der Waals surface area contributed by atoms with Crippen LogP contribution in [0.2, 0.25) is 0 Å². The van der Waals surface area contributed by atoms with Crippen molar-refractivity contribution >= 4 is 29.1 Å². The van der Waals surface area contributed by atoms with Gasteiger partial charge in [0.2, 0.25) is 5.91 Å². The molecule has 1 aliphatic rings. The van der Waals surface area contributed by atoms with Crippen LogP contribution >= 0.6 is 11.3 Å². The van der Waals surface area contributed by atoms with E-state index >= 15 is 0 Å².